The summed E-state index contributed by atoms with van der Waals surface area (Å²) in [6.07, 6.45) is 2.64. The Hall–Kier alpha value is -1.98. The van der Waals surface area contributed by atoms with E-state index in [1.165, 1.54) is 0 Å². The Morgan fingerprint density at radius 3 is 2.92 bits per heavy atom. The number of ether oxygens (including phenoxy) is 3. The van der Waals surface area contributed by atoms with Crippen LogP contribution in [0.4, 0.5) is 0 Å². The molecule has 0 saturated carbocycles. The number of methoxy groups -OCH3 is 1. The van der Waals surface area contributed by atoms with Gasteiger partial charge in [-0.3, -0.25) is 4.79 Å². The first-order chi connectivity index (χ1) is 11.6. The molecule has 5 nitrogen and oxygen atoms in total. The highest BCUT2D eigenvalue weighted by molar-refractivity contribution is 6.32. The van der Waals surface area contributed by atoms with E-state index in [2.05, 4.69) is 0 Å². The summed E-state index contributed by atoms with van der Waals surface area (Å²) in [5.41, 5.74) is 2.33. The van der Waals surface area contributed by atoms with Crippen molar-refractivity contribution in [2.24, 2.45) is 0 Å². The van der Waals surface area contributed by atoms with Crippen molar-refractivity contribution in [3.05, 3.63) is 45.2 Å². The second-order valence-electron chi connectivity index (χ2n) is 5.72. The first-order valence-electron chi connectivity index (χ1n) is 7.89. The summed E-state index contributed by atoms with van der Waals surface area (Å²) in [6.45, 7) is 4.16. The van der Waals surface area contributed by atoms with Crippen LogP contribution in [0.5, 0.6) is 11.5 Å². The van der Waals surface area contributed by atoms with Crippen LogP contribution >= 0.6 is 11.6 Å². The number of aryl methyl sites for hydroxylation is 1. The third-order valence-corrected chi connectivity index (χ3v) is 4.26. The Kier molecular flexibility index (Phi) is 5.11. The smallest absolute Gasteiger partial charge is 0.185 e. The van der Waals surface area contributed by atoms with Gasteiger partial charge in [0.15, 0.2) is 5.43 Å². The van der Waals surface area contributed by atoms with Crippen LogP contribution < -0.4 is 14.9 Å². The highest BCUT2D eigenvalue weighted by atomic mass is 35.5. The van der Waals surface area contributed by atoms with Gasteiger partial charge in [-0.2, -0.15) is 0 Å². The van der Waals surface area contributed by atoms with Crippen LogP contribution in [0.1, 0.15) is 12.0 Å². The van der Waals surface area contributed by atoms with Crippen LogP contribution in [0.25, 0.3) is 11.3 Å². The molecule has 0 N–H and O–H groups in total. The van der Waals surface area contributed by atoms with Gasteiger partial charge in [-0.1, -0.05) is 11.6 Å². The van der Waals surface area contributed by atoms with Crippen LogP contribution in [0.2, 0.25) is 5.02 Å². The van der Waals surface area contributed by atoms with Crippen LogP contribution in [-0.2, 0) is 11.3 Å². The Morgan fingerprint density at radius 2 is 2.12 bits per heavy atom. The molecule has 1 aliphatic heterocycles. The highest BCUT2D eigenvalue weighted by Gasteiger charge is 2.19. The number of nitrogens with zero attached hydrogens (tertiary/aromatic N) is 1. The molecule has 6 heteroatoms. The average Bonchev–Trinajstić information content (AvgIpc) is 2.72. The van der Waals surface area contributed by atoms with Crippen LogP contribution in [0.15, 0.2) is 29.2 Å². The van der Waals surface area contributed by atoms with E-state index in [1.807, 2.05) is 17.7 Å². The van der Waals surface area contributed by atoms with Gasteiger partial charge in [0.25, 0.3) is 0 Å². The molecule has 0 bridgehead atoms. The summed E-state index contributed by atoms with van der Waals surface area (Å²) >= 11 is 6.37. The number of pyridine rings is 1. The predicted molar refractivity (Wildman–Crippen MR) is 93.4 cm³/mol. The maximum absolute atomic E-state index is 12.0. The van der Waals surface area contributed by atoms with Crippen LogP contribution in [0, 0.1) is 6.92 Å². The van der Waals surface area contributed by atoms with E-state index in [4.69, 9.17) is 25.8 Å². The minimum Gasteiger partial charge on any atom is -0.492 e. The molecule has 128 valence electrons. The van der Waals surface area contributed by atoms with E-state index in [9.17, 15) is 4.79 Å². The zero-order chi connectivity index (χ0) is 17.1. The Balaban J connectivity index is 1.97. The first kappa shape index (κ1) is 16.9. The number of hydrogen-bond donors (Lipinski definition) is 0. The lowest BCUT2D eigenvalue weighted by atomic mass is 10.1. The van der Waals surface area contributed by atoms with Gasteiger partial charge in [-0.25, -0.2) is 0 Å². The Morgan fingerprint density at radius 1 is 1.29 bits per heavy atom. The minimum absolute atomic E-state index is 0.00474. The maximum atomic E-state index is 12.0. The number of hydrogen-bond acceptors (Lipinski definition) is 4. The highest BCUT2D eigenvalue weighted by Crippen LogP contribution is 2.39. The van der Waals surface area contributed by atoms with E-state index in [0.29, 0.717) is 48.5 Å². The summed E-state index contributed by atoms with van der Waals surface area (Å²) in [5.74, 6) is 1.25. The zero-order valence-electron chi connectivity index (χ0n) is 13.8. The molecule has 0 radical (unpaired) electrons. The lowest BCUT2D eigenvalue weighted by molar-refractivity contribution is 0.172. The molecule has 24 heavy (non-hydrogen) atoms. The molecule has 0 spiro atoms. The molecular weight excluding hydrogens is 330 g/mol. The van der Waals surface area contributed by atoms with Crippen molar-refractivity contribution < 1.29 is 14.2 Å². The summed E-state index contributed by atoms with van der Waals surface area (Å²) < 4.78 is 18.6. The second-order valence-corrected chi connectivity index (χ2v) is 6.13. The average molecular weight is 350 g/mol. The monoisotopic (exact) mass is 349 g/mol. The van der Waals surface area contributed by atoms with Crippen molar-refractivity contribution in [2.75, 3.05) is 26.9 Å². The van der Waals surface area contributed by atoms with E-state index in [1.54, 1.807) is 25.3 Å². The molecule has 1 aliphatic rings. The van der Waals surface area contributed by atoms with Gasteiger partial charge in [0.2, 0.25) is 0 Å². The van der Waals surface area contributed by atoms with Crippen molar-refractivity contribution in [3.63, 3.8) is 0 Å². The van der Waals surface area contributed by atoms with Crippen molar-refractivity contribution in [3.8, 4) is 22.8 Å². The maximum Gasteiger partial charge on any atom is 0.185 e. The fourth-order valence-electron chi connectivity index (χ4n) is 2.71. The number of benzene rings is 1. The molecule has 3 rings (SSSR count). The quantitative estimate of drug-likeness (QED) is 0.777. The van der Waals surface area contributed by atoms with Gasteiger partial charge in [0.05, 0.1) is 23.9 Å². The lowest BCUT2D eigenvalue weighted by Gasteiger charge is -2.14. The Bertz CT molecular complexity index is 800. The van der Waals surface area contributed by atoms with E-state index < -0.39 is 0 Å². The largest absolute Gasteiger partial charge is 0.492 e. The Labute approximate surface area is 145 Å². The molecule has 2 aromatic rings. The zero-order valence-corrected chi connectivity index (χ0v) is 14.6. The number of fused-ring (bicyclic) bond motifs is 3. The van der Waals surface area contributed by atoms with Crippen LogP contribution in [0.3, 0.4) is 0 Å². The predicted octanol–water partition coefficient (Wildman–Crippen LogP) is 3.28. The van der Waals surface area contributed by atoms with Crippen LogP contribution in [-0.4, -0.2) is 31.5 Å². The van der Waals surface area contributed by atoms with Gasteiger partial charge in [-0.15, -0.1) is 0 Å². The molecule has 0 aliphatic carbocycles. The van der Waals surface area contributed by atoms with Gasteiger partial charge in [-0.05, 0) is 13.0 Å². The molecule has 0 saturated heterocycles. The van der Waals surface area contributed by atoms with Crippen molar-refractivity contribution in [1.82, 2.24) is 4.57 Å². The summed E-state index contributed by atoms with van der Waals surface area (Å²) in [6, 6.07) is 5.23. The summed E-state index contributed by atoms with van der Waals surface area (Å²) in [7, 11) is 1.66. The first-order valence-corrected chi connectivity index (χ1v) is 8.27. The van der Waals surface area contributed by atoms with Crippen molar-refractivity contribution in [2.45, 2.75) is 19.9 Å². The third-order valence-electron chi connectivity index (χ3n) is 3.97. The molecule has 2 heterocycles. The molecule has 0 unspecified atom stereocenters. The second kappa shape index (κ2) is 7.28. The molecule has 0 fully saturated rings. The molecule has 1 aromatic heterocycles. The minimum atomic E-state index is 0.00474. The summed E-state index contributed by atoms with van der Waals surface area (Å²) in [5, 5.41) is 0.497. The van der Waals surface area contributed by atoms with Gasteiger partial charge in [0.1, 0.15) is 18.1 Å². The standard InChI is InChI=1S/C18H20ClNO4/c1-12-11-20-4-7-24-17-10-18(23-6-3-5-22-2)14(19)8-13(17)15(20)9-16(12)21/h8-11H,3-7H2,1-2H3. The molecule has 0 atom stereocenters. The van der Waals surface area contributed by atoms with E-state index in [-0.39, 0.29) is 5.43 Å². The SMILES string of the molecule is COCCCOc1cc2c(cc1Cl)-c1cc(=O)c(C)cn1CCO2. The van der Waals surface area contributed by atoms with Gasteiger partial charge >= 0.3 is 0 Å². The fraction of sp³-hybridized carbons (Fsp3) is 0.389. The van der Waals surface area contributed by atoms with E-state index in [0.717, 1.165) is 17.7 Å². The molecule has 0 amide bonds. The van der Waals surface area contributed by atoms with Gasteiger partial charge in [0, 0.05) is 49.6 Å². The third kappa shape index (κ3) is 3.42. The van der Waals surface area contributed by atoms with Gasteiger partial charge < -0.3 is 18.8 Å². The fourth-order valence-corrected chi connectivity index (χ4v) is 2.93. The van der Waals surface area contributed by atoms with Crippen molar-refractivity contribution in [1.29, 1.82) is 0 Å². The van der Waals surface area contributed by atoms with E-state index >= 15 is 0 Å². The lowest BCUT2D eigenvalue weighted by Crippen LogP contribution is -2.13. The number of rotatable bonds is 5. The molecular formula is C18H20ClNO4. The number of aromatic nitrogens is 1. The topological polar surface area (TPSA) is 49.7 Å². The summed E-state index contributed by atoms with van der Waals surface area (Å²) in [4.78, 5) is 12.0. The molecule has 1 aromatic carbocycles. The normalized spacial score (nSPS) is 12.8. The number of halogens is 1. The van der Waals surface area contributed by atoms with Crippen molar-refractivity contribution >= 4 is 11.6 Å².